The van der Waals surface area contributed by atoms with Gasteiger partial charge in [0.25, 0.3) is 0 Å². The van der Waals surface area contributed by atoms with Gasteiger partial charge in [-0.05, 0) is 37.1 Å². The molecule has 1 aliphatic rings. The SMILES string of the molecule is CN(CC(O)COc1ccc(C(F)(F)F)cc1)c1ncc([N+](=O)[O-])c(NC2CC2)n1. The van der Waals surface area contributed by atoms with Gasteiger partial charge in [0.05, 0.1) is 10.5 Å². The molecule has 0 radical (unpaired) electrons. The first-order valence-electron chi connectivity index (χ1n) is 9.10. The highest BCUT2D eigenvalue weighted by Gasteiger charge is 2.30. The molecule has 2 N–H and O–H groups in total. The molecule has 0 amide bonds. The van der Waals surface area contributed by atoms with E-state index in [-0.39, 0.29) is 42.4 Å². The second-order valence-corrected chi connectivity index (χ2v) is 6.95. The highest BCUT2D eigenvalue weighted by molar-refractivity contribution is 5.58. The Bertz CT molecular complexity index is 890. The number of anilines is 2. The van der Waals surface area contributed by atoms with Crippen molar-refractivity contribution in [1.29, 1.82) is 0 Å². The first-order chi connectivity index (χ1) is 14.1. The molecule has 0 aliphatic heterocycles. The lowest BCUT2D eigenvalue weighted by Crippen LogP contribution is -2.34. The highest BCUT2D eigenvalue weighted by atomic mass is 19.4. The van der Waals surface area contributed by atoms with E-state index in [1.807, 2.05) is 0 Å². The summed E-state index contributed by atoms with van der Waals surface area (Å²) in [7, 11) is 1.60. The van der Waals surface area contributed by atoms with E-state index in [1.54, 1.807) is 7.05 Å². The van der Waals surface area contributed by atoms with Crippen LogP contribution < -0.4 is 15.0 Å². The molecular weight excluding hydrogens is 407 g/mol. The number of rotatable bonds is 9. The van der Waals surface area contributed by atoms with Gasteiger partial charge >= 0.3 is 11.9 Å². The highest BCUT2D eigenvalue weighted by Crippen LogP contribution is 2.31. The standard InChI is InChI=1S/C18H20F3N5O4/c1-25(17-22-8-15(26(28)29)16(24-17)23-12-4-5-12)9-13(27)10-30-14-6-2-11(3-7-14)18(19,20)21/h2-3,6-8,12-13,27H,4-5,9-10H2,1H3,(H,22,23,24). The molecule has 1 saturated carbocycles. The Kier molecular flexibility index (Phi) is 6.25. The number of likely N-dealkylation sites (N-methyl/N-ethyl adjacent to an activating group) is 1. The van der Waals surface area contributed by atoms with Crippen LogP contribution in [-0.4, -0.2) is 52.3 Å². The summed E-state index contributed by atoms with van der Waals surface area (Å²) >= 11 is 0. The molecule has 1 atom stereocenters. The Hall–Kier alpha value is -3.15. The number of nitrogens with one attached hydrogen (secondary N) is 1. The van der Waals surface area contributed by atoms with Crippen LogP contribution in [-0.2, 0) is 6.18 Å². The van der Waals surface area contributed by atoms with Crippen molar-refractivity contribution in [3.05, 3.63) is 46.1 Å². The molecule has 1 aromatic carbocycles. The van der Waals surface area contributed by atoms with Crippen LogP contribution in [0, 0.1) is 10.1 Å². The zero-order chi connectivity index (χ0) is 21.9. The lowest BCUT2D eigenvalue weighted by Gasteiger charge is -2.21. The second kappa shape index (κ2) is 8.69. The van der Waals surface area contributed by atoms with Gasteiger partial charge in [-0.15, -0.1) is 0 Å². The van der Waals surface area contributed by atoms with Gasteiger partial charge in [-0.25, -0.2) is 4.98 Å². The minimum atomic E-state index is -4.43. The summed E-state index contributed by atoms with van der Waals surface area (Å²) in [4.78, 5) is 20.2. The van der Waals surface area contributed by atoms with Crippen molar-refractivity contribution in [3.63, 3.8) is 0 Å². The molecule has 1 fully saturated rings. The number of benzene rings is 1. The Morgan fingerprint density at radius 2 is 2.03 bits per heavy atom. The first kappa shape index (κ1) is 21.6. The molecule has 1 heterocycles. The summed E-state index contributed by atoms with van der Waals surface area (Å²) < 4.78 is 43.0. The van der Waals surface area contributed by atoms with Crippen molar-refractivity contribution in [2.24, 2.45) is 0 Å². The van der Waals surface area contributed by atoms with Crippen LogP contribution in [0.4, 0.5) is 30.6 Å². The number of halogens is 3. The molecule has 3 rings (SSSR count). The average molecular weight is 427 g/mol. The van der Waals surface area contributed by atoms with Gasteiger partial charge in [-0.3, -0.25) is 10.1 Å². The predicted molar refractivity (Wildman–Crippen MR) is 102 cm³/mol. The van der Waals surface area contributed by atoms with Gasteiger partial charge in [-0.1, -0.05) is 0 Å². The summed E-state index contributed by atoms with van der Waals surface area (Å²) in [5.74, 6) is 0.486. The molecule has 12 heteroatoms. The predicted octanol–water partition coefficient (Wildman–Crippen LogP) is 2.85. The lowest BCUT2D eigenvalue weighted by molar-refractivity contribution is -0.384. The van der Waals surface area contributed by atoms with Gasteiger partial charge in [-0.2, -0.15) is 18.2 Å². The number of aliphatic hydroxyl groups is 1. The van der Waals surface area contributed by atoms with Crippen molar-refractivity contribution < 1.29 is 27.9 Å². The smallest absolute Gasteiger partial charge is 0.416 e. The largest absolute Gasteiger partial charge is 0.491 e. The van der Waals surface area contributed by atoms with Crippen LogP contribution >= 0.6 is 0 Å². The molecule has 1 unspecified atom stereocenters. The van der Waals surface area contributed by atoms with E-state index in [0.29, 0.717) is 0 Å². The first-order valence-corrected chi connectivity index (χ1v) is 9.10. The van der Waals surface area contributed by atoms with Gasteiger partial charge in [0.15, 0.2) is 0 Å². The molecule has 0 bridgehead atoms. The van der Waals surface area contributed by atoms with Crippen LogP contribution in [0.2, 0.25) is 0 Å². The summed E-state index contributed by atoms with van der Waals surface area (Å²) in [5, 5.41) is 24.3. The van der Waals surface area contributed by atoms with Crippen molar-refractivity contribution in [3.8, 4) is 5.75 Å². The topological polar surface area (TPSA) is 114 Å². The van der Waals surface area contributed by atoms with E-state index in [4.69, 9.17) is 4.74 Å². The second-order valence-electron chi connectivity index (χ2n) is 6.95. The van der Waals surface area contributed by atoms with Gasteiger partial charge < -0.3 is 20.1 Å². The molecule has 0 saturated heterocycles. The number of ether oxygens (including phenoxy) is 1. The number of hydrogen-bond acceptors (Lipinski definition) is 8. The third kappa shape index (κ3) is 5.69. The summed E-state index contributed by atoms with van der Waals surface area (Å²) in [6, 6.07) is 4.29. The molecular formula is C18H20F3N5O4. The molecule has 1 aromatic heterocycles. The maximum Gasteiger partial charge on any atom is 0.416 e. The van der Waals surface area contributed by atoms with Gasteiger partial charge in [0.2, 0.25) is 11.8 Å². The van der Waals surface area contributed by atoms with Crippen molar-refractivity contribution in [2.75, 3.05) is 30.4 Å². The van der Waals surface area contributed by atoms with Gasteiger partial charge in [0, 0.05) is 19.6 Å². The minimum Gasteiger partial charge on any atom is -0.491 e. The van der Waals surface area contributed by atoms with Crippen molar-refractivity contribution in [2.45, 2.75) is 31.2 Å². The van der Waals surface area contributed by atoms with E-state index in [0.717, 1.165) is 31.2 Å². The van der Waals surface area contributed by atoms with E-state index in [1.165, 1.54) is 17.0 Å². The van der Waals surface area contributed by atoms with Crippen LogP contribution in [0.5, 0.6) is 5.75 Å². The third-order valence-corrected chi connectivity index (χ3v) is 4.32. The average Bonchev–Trinajstić information content (AvgIpc) is 3.49. The number of nitrogens with zero attached hydrogens (tertiary/aromatic N) is 4. The third-order valence-electron chi connectivity index (χ3n) is 4.32. The monoisotopic (exact) mass is 427 g/mol. The zero-order valence-electron chi connectivity index (χ0n) is 16.0. The fourth-order valence-electron chi connectivity index (χ4n) is 2.59. The Labute approximate surface area is 169 Å². The number of aliphatic hydroxyl groups excluding tert-OH is 1. The maximum absolute atomic E-state index is 12.6. The quantitative estimate of drug-likeness (QED) is 0.464. The van der Waals surface area contributed by atoms with Crippen molar-refractivity contribution >= 4 is 17.5 Å². The summed E-state index contributed by atoms with van der Waals surface area (Å²) in [6.07, 6.45) is -2.51. The molecule has 9 nitrogen and oxygen atoms in total. The van der Waals surface area contributed by atoms with Crippen LogP contribution in [0.1, 0.15) is 18.4 Å². The number of alkyl halides is 3. The number of nitro groups is 1. The van der Waals surface area contributed by atoms with E-state index in [9.17, 15) is 28.4 Å². The summed E-state index contributed by atoms with van der Waals surface area (Å²) in [6.45, 7) is -0.128. The fraction of sp³-hybridized carbons (Fsp3) is 0.444. The molecule has 1 aliphatic carbocycles. The fourth-order valence-corrected chi connectivity index (χ4v) is 2.59. The van der Waals surface area contributed by atoms with Crippen molar-refractivity contribution in [1.82, 2.24) is 9.97 Å². The number of aromatic nitrogens is 2. The zero-order valence-corrected chi connectivity index (χ0v) is 16.0. The van der Waals surface area contributed by atoms with Crippen LogP contribution in [0.3, 0.4) is 0 Å². The molecule has 30 heavy (non-hydrogen) atoms. The maximum atomic E-state index is 12.6. The molecule has 2 aromatic rings. The van der Waals surface area contributed by atoms with Crippen LogP contribution in [0.15, 0.2) is 30.5 Å². The Balaban J connectivity index is 1.57. The van der Waals surface area contributed by atoms with E-state index >= 15 is 0 Å². The molecule has 0 spiro atoms. The van der Waals surface area contributed by atoms with Crippen LogP contribution in [0.25, 0.3) is 0 Å². The number of hydrogen-bond donors (Lipinski definition) is 2. The minimum absolute atomic E-state index is 0.0430. The van der Waals surface area contributed by atoms with Gasteiger partial charge in [0.1, 0.15) is 24.7 Å². The lowest BCUT2D eigenvalue weighted by atomic mass is 10.2. The molecule has 162 valence electrons. The normalized spacial score (nSPS) is 14.8. The van der Waals surface area contributed by atoms with E-state index < -0.39 is 22.8 Å². The van der Waals surface area contributed by atoms with E-state index in [2.05, 4.69) is 15.3 Å². The Morgan fingerprint density at radius 1 is 1.37 bits per heavy atom. The Morgan fingerprint density at radius 3 is 2.60 bits per heavy atom. The summed E-state index contributed by atoms with van der Waals surface area (Å²) in [5.41, 5.74) is -1.02.